The van der Waals surface area contributed by atoms with E-state index in [1.54, 1.807) is 0 Å². The zero-order chi connectivity index (χ0) is 12.8. The summed E-state index contributed by atoms with van der Waals surface area (Å²) in [5, 5.41) is 0.381. The molecule has 3 heterocycles. The van der Waals surface area contributed by atoms with Gasteiger partial charge in [-0.25, -0.2) is 9.97 Å². The lowest BCUT2D eigenvalue weighted by Gasteiger charge is -2.02. The molecule has 1 N–H and O–H groups in total. The number of thioether (sulfide) groups is 1. The fourth-order valence-corrected chi connectivity index (χ4v) is 3.75. The van der Waals surface area contributed by atoms with E-state index in [4.69, 9.17) is 0 Å². The average Bonchev–Trinajstić information content (AvgIpc) is 3.00. The molecule has 0 amide bonds. The third kappa shape index (κ3) is 1.83. The Morgan fingerprint density at radius 1 is 1.16 bits per heavy atom. The van der Waals surface area contributed by atoms with Crippen molar-refractivity contribution < 1.29 is 0 Å². The minimum Gasteiger partial charge on any atom is -0.340 e. The molecule has 0 radical (unpaired) electrons. The number of nitrogens with zero attached hydrogens (tertiary/aromatic N) is 2. The van der Waals surface area contributed by atoms with Gasteiger partial charge in [0.15, 0.2) is 5.65 Å². The first-order valence-corrected chi connectivity index (χ1v) is 7.25. The highest BCUT2D eigenvalue weighted by atomic mass is 32.2. The lowest BCUT2D eigenvalue weighted by molar-refractivity contribution is 0.879. The largest absolute Gasteiger partial charge is 0.340 e. The van der Waals surface area contributed by atoms with Crippen LogP contribution in [0.1, 0.15) is 22.3 Å². The van der Waals surface area contributed by atoms with Crippen LogP contribution in [0.3, 0.4) is 0 Å². The van der Waals surface area contributed by atoms with E-state index in [0.717, 1.165) is 29.1 Å². The number of benzene rings is 1. The number of fused-ring (bicyclic) bond motifs is 2. The first-order valence-electron chi connectivity index (χ1n) is 6.37. The number of aromatic nitrogens is 3. The third-order valence-corrected chi connectivity index (χ3v) is 4.78. The summed E-state index contributed by atoms with van der Waals surface area (Å²) in [6.45, 7) is 1.99. The zero-order valence-corrected chi connectivity index (χ0v) is 11.4. The molecule has 0 bridgehead atoms. The molecule has 3 aromatic rings. The summed E-state index contributed by atoms with van der Waals surface area (Å²) in [4.78, 5) is 13.9. The Bertz CT molecular complexity index is 738. The Hall–Kier alpha value is -1.81. The van der Waals surface area contributed by atoms with Crippen LogP contribution in [0.2, 0.25) is 0 Å². The smallest absolute Gasteiger partial charge is 0.177 e. The number of aromatic amines is 1. The fourth-order valence-electron chi connectivity index (χ4n) is 2.49. The van der Waals surface area contributed by atoms with Crippen LogP contribution in [0.5, 0.6) is 0 Å². The van der Waals surface area contributed by atoms with Crippen LogP contribution in [0.4, 0.5) is 0 Å². The van der Waals surface area contributed by atoms with Gasteiger partial charge in [0, 0.05) is 10.6 Å². The van der Waals surface area contributed by atoms with Gasteiger partial charge >= 0.3 is 0 Å². The van der Waals surface area contributed by atoms with Crippen LogP contribution in [-0.4, -0.2) is 15.0 Å². The highest BCUT2D eigenvalue weighted by Gasteiger charge is 2.25. The summed E-state index contributed by atoms with van der Waals surface area (Å²) in [7, 11) is 0. The lowest BCUT2D eigenvalue weighted by Crippen LogP contribution is -1.94. The Morgan fingerprint density at radius 3 is 2.95 bits per heavy atom. The van der Waals surface area contributed by atoms with E-state index in [2.05, 4.69) is 45.3 Å². The van der Waals surface area contributed by atoms with Gasteiger partial charge in [0.1, 0.15) is 5.82 Å². The average molecular weight is 267 g/mol. The van der Waals surface area contributed by atoms with Gasteiger partial charge in [-0.3, -0.25) is 0 Å². The monoisotopic (exact) mass is 267 g/mol. The molecule has 4 rings (SSSR count). The van der Waals surface area contributed by atoms with Gasteiger partial charge in [-0.15, -0.1) is 11.8 Å². The second-order valence-corrected chi connectivity index (χ2v) is 6.11. The van der Waals surface area contributed by atoms with Crippen LogP contribution in [-0.2, 0) is 6.42 Å². The predicted molar refractivity (Wildman–Crippen MR) is 77.4 cm³/mol. The molecule has 0 spiro atoms. The van der Waals surface area contributed by atoms with Gasteiger partial charge in [0.2, 0.25) is 0 Å². The van der Waals surface area contributed by atoms with Crippen molar-refractivity contribution in [1.82, 2.24) is 15.0 Å². The molecule has 1 aliphatic rings. The number of hydrogen-bond donors (Lipinski definition) is 1. The third-order valence-electron chi connectivity index (χ3n) is 3.46. The standard InChI is InChI=1S/C15H13N3S/c1-9-6-7-11-14(16-9)18-15(17-11)13-8-10-4-2-3-5-12(10)19-13/h2-7,13H,8H2,1H3,(H,16,17,18). The van der Waals surface area contributed by atoms with Crippen molar-refractivity contribution in [2.75, 3.05) is 0 Å². The Labute approximate surface area is 115 Å². The first kappa shape index (κ1) is 11.1. The molecule has 4 heteroatoms. The summed E-state index contributed by atoms with van der Waals surface area (Å²) >= 11 is 1.89. The molecule has 19 heavy (non-hydrogen) atoms. The van der Waals surface area contributed by atoms with Crippen LogP contribution < -0.4 is 0 Å². The number of hydrogen-bond acceptors (Lipinski definition) is 3. The van der Waals surface area contributed by atoms with E-state index < -0.39 is 0 Å². The maximum Gasteiger partial charge on any atom is 0.177 e. The number of aryl methyl sites for hydroxylation is 1. The van der Waals surface area contributed by atoms with Crippen molar-refractivity contribution in [3.63, 3.8) is 0 Å². The number of nitrogens with one attached hydrogen (secondary N) is 1. The van der Waals surface area contributed by atoms with Crippen LogP contribution >= 0.6 is 11.8 Å². The number of pyridine rings is 1. The second-order valence-electron chi connectivity index (χ2n) is 4.86. The van der Waals surface area contributed by atoms with Crippen molar-refractivity contribution in [2.24, 2.45) is 0 Å². The van der Waals surface area contributed by atoms with Crippen molar-refractivity contribution in [3.05, 3.63) is 53.5 Å². The van der Waals surface area contributed by atoms with E-state index >= 15 is 0 Å². The SMILES string of the molecule is Cc1ccc2[nH]c(C3Cc4ccccc4S3)nc2n1. The summed E-state index contributed by atoms with van der Waals surface area (Å²) in [5.41, 5.74) is 4.28. The van der Waals surface area contributed by atoms with E-state index in [0.29, 0.717) is 5.25 Å². The Kier molecular flexibility index (Phi) is 2.38. The minimum absolute atomic E-state index is 0.381. The highest BCUT2D eigenvalue weighted by molar-refractivity contribution is 7.99. The van der Waals surface area contributed by atoms with Crippen molar-refractivity contribution >= 4 is 22.9 Å². The molecule has 0 aliphatic carbocycles. The van der Waals surface area contributed by atoms with E-state index in [9.17, 15) is 0 Å². The quantitative estimate of drug-likeness (QED) is 0.731. The Morgan fingerprint density at radius 2 is 2.05 bits per heavy atom. The van der Waals surface area contributed by atoms with Crippen LogP contribution in [0.25, 0.3) is 11.2 Å². The Balaban J connectivity index is 1.73. The molecule has 1 unspecified atom stereocenters. The molecular formula is C15H13N3S. The minimum atomic E-state index is 0.381. The van der Waals surface area contributed by atoms with Crippen molar-refractivity contribution in [2.45, 2.75) is 23.5 Å². The predicted octanol–water partition coefficient (Wildman–Crippen LogP) is 3.66. The van der Waals surface area contributed by atoms with E-state index in [1.165, 1.54) is 10.5 Å². The molecule has 1 aromatic carbocycles. The van der Waals surface area contributed by atoms with Crippen molar-refractivity contribution in [3.8, 4) is 0 Å². The maximum atomic E-state index is 4.65. The van der Waals surface area contributed by atoms with Gasteiger partial charge in [0.25, 0.3) is 0 Å². The first-order chi connectivity index (χ1) is 9.29. The zero-order valence-electron chi connectivity index (χ0n) is 10.6. The molecule has 3 nitrogen and oxygen atoms in total. The van der Waals surface area contributed by atoms with E-state index in [-0.39, 0.29) is 0 Å². The molecule has 1 aliphatic heterocycles. The molecule has 1 atom stereocenters. The number of H-pyrrole nitrogens is 1. The summed E-state index contributed by atoms with van der Waals surface area (Å²) in [5.74, 6) is 1.04. The summed E-state index contributed by atoms with van der Waals surface area (Å²) in [6.07, 6.45) is 1.04. The molecule has 2 aromatic heterocycles. The van der Waals surface area contributed by atoms with Gasteiger partial charge in [-0.05, 0) is 37.1 Å². The van der Waals surface area contributed by atoms with Gasteiger partial charge in [0.05, 0.1) is 10.8 Å². The normalized spacial score (nSPS) is 17.8. The van der Waals surface area contributed by atoms with Gasteiger partial charge < -0.3 is 4.98 Å². The van der Waals surface area contributed by atoms with Crippen LogP contribution in [0, 0.1) is 6.92 Å². The molecular weight excluding hydrogens is 254 g/mol. The second kappa shape index (κ2) is 4.10. The highest BCUT2D eigenvalue weighted by Crippen LogP contribution is 2.45. The summed E-state index contributed by atoms with van der Waals surface area (Å²) < 4.78 is 0. The van der Waals surface area contributed by atoms with E-state index in [1.807, 2.05) is 24.8 Å². The topological polar surface area (TPSA) is 41.6 Å². The number of imidazole rings is 1. The van der Waals surface area contributed by atoms with Gasteiger partial charge in [-0.2, -0.15) is 0 Å². The fraction of sp³-hybridized carbons (Fsp3) is 0.200. The van der Waals surface area contributed by atoms with Crippen LogP contribution in [0.15, 0.2) is 41.3 Å². The maximum absolute atomic E-state index is 4.65. The lowest BCUT2D eigenvalue weighted by atomic mass is 10.1. The molecule has 0 saturated carbocycles. The molecule has 94 valence electrons. The molecule has 0 fully saturated rings. The summed E-state index contributed by atoms with van der Waals surface area (Å²) in [6, 6.07) is 12.7. The number of rotatable bonds is 1. The van der Waals surface area contributed by atoms with Gasteiger partial charge in [-0.1, -0.05) is 18.2 Å². The molecule has 0 saturated heterocycles. The van der Waals surface area contributed by atoms with Crippen molar-refractivity contribution in [1.29, 1.82) is 0 Å².